The van der Waals surface area contributed by atoms with E-state index in [4.69, 9.17) is 9.47 Å². The van der Waals surface area contributed by atoms with Crippen LogP contribution < -0.4 is 14.6 Å². The van der Waals surface area contributed by atoms with Crippen molar-refractivity contribution in [1.82, 2.24) is 20.6 Å². The number of rotatable bonds is 4. The number of methoxy groups -OCH3 is 1. The van der Waals surface area contributed by atoms with Gasteiger partial charge >= 0.3 is 0 Å². The van der Waals surface area contributed by atoms with E-state index in [0.29, 0.717) is 23.9 Å². The zero-order valence-corrected chi connectivity index (χ0v) is 9.04. The van der Waals surface area contributed by atoms with Crippen molar-refractivity contribution in [2.75, 3.05) is 13.7 Å². The summed E-state index contributed by atoms with van der Waals surface area (Å²) in [6, 6.07) is 5.45. The van der Waals surface area contributed by atoms with Crippen LogP contribution in [0.4, 0.5) is 0 Å². The number of hydrogen-bond donors (Lipinski definition) is 0. The first-order valence-corrected chi connectivity index (χ1v) is 4.85. The first-order valence-electron chi connectivity index (χ1n) is 4.85. The van der Waals surface area contributed by atoms with Gasteiger partial charge in [0, 0.05) is 5.82 Å². The van der Waals surface area contributed by atoms with E-state index in [1.54, 1.807) is 13.2 Å². The first kappa shape index (κ1) is 10.4. The number of benzene rings is 1. The highest BCUT2D eigenvalue weighted by atomic mass is 16.5. The molecule has 1 heterocycles. The highest BCUT2D eigenvalue weighted by Crippen LogP contribution is 2.30. The predicted molar refractivity (Wildman–Crippen MR) is 56.3 cm³/mol. The number of hydrogen-bond acceptors (Lipinski definition) is 5. The minimum Gasteiger partial charge on any atom is -0.493 e. The van der Waals surface area contributed by atoms with Gasteiger partial charge in [-0.3, -0.25) is 10.3 Å². The lowest BCUT2D eigenvalue weighted by atomic mass is 10.2. The third-order valence-electron chi connectivity index (χ3n) is 2.04. The fourth-order valence-corrected chi connectivity index (χ4v) is 1.34. The molecule has 0 saturated heterocycles. The van der Waals surface area contributed by atoms with Crippen LogP contribution in [0.5, 0.6) is 11.5 Å². The SMILES string of the molecule is CCOc1ccc(-c2nnn[n-]2)cc1OC. The summed E-state index contributed by atoms with van der Waals surface area (Å²) in [6.45, 7) is 2.51. The van der Waals surface area contributed by atoms with E-state index in [2.05, 4.69) is 20.6 Å². The molecule has 0 aliphatic rings. The quantitative estimate of drug-likeness (QED) is 0.760. The molecule has 1 aromatic carbocycles. The fourth-order valence-electron chi connectivity index (χ4n) is 1.34. The molecular formula is C10H11N4O2-. The maximum atomic E-state index is 5.40. The molecule has 0 saturated carbocycles. The van der Waals surface area contributed by atoms with Crippen LogP contribution in [0.15, 0.2) is 18.2 Å². The second-order valence-electron chi connectivity index (χ2n) is 3.00. The summed E-state index contributed by atoms with van der Waals surface area (Å²) < 4.78 is 10.6. The lowest BCUT2D eigenvalue weighted by Crippen LogP contribution is -1.96. The van der Waals surface area contributed by atoms with E-state index in [1.807, 2.05) is 19.1 Å². The van der Waals surface area contributed by atoms with Crippen LogP contribution in [0.2, 0.25) is 0 Å². The Labute approximate surface area is 92.6 Å². The Morgan fingerprint density at radius 1 is 1.31 bits per heavy atom. The molecule has 6 nitrogen and oxygen atoms in total. The van der Waals surface area contributed by atoms with Crippen LogP contribution in [0.25, 0.3) is 11.4 Å². The number of tetrazole rings is 1. The predicted octanol–water partition coefficient (Wildman–Crippen LogP) is 0.903. The van der Waals surface area contributed by atoms with Gasteiger partial charge in [0.15, 0.2) is 11.5 Å². The molecule has 0 fully saturated rings. The summed E-state index contributed by atoms with van der Waals surface area (Å²) >= 11 is 0. The third-order valence-corrected chi connectivity index (χ3v) is 2.04. The summed E-state index contributed by atoms with van der Waals surface area (Å²) in [7, 11) is 1.59. The van der Waals surface area contributed by atoms with Crippen molar-refractivity contribution in [3.05, 3.63) is 18.2 Å². The Bertz CT molecular complexity index is 456. The average molecular weight is 219 g/mol. The van der Waals surface area contributed by atoms with Crippen LogP contribution in [0.1, 0.15) is 6.92 Å². The van der Waals surface area contributed by atoms with Gasteiger partial charge in [-0.05, 0) is 30.7 Å². The highest BCUT2D eigenvalue weighted by molar-refractivity contribution is 5.60. The molecule has 6 heteroatoms. The van der Waals surface area contributed by atoms with Crippen LogP contribution >= 0.6 is 0 Å². The third kappa shape index (κ3) is 1.95. The molecule has 0 unspecified atom stereocenters. The van der Waals surface area contributed by atoms with E-state index in [9.17, 15) is 0 Å². The van der Waals surface area contributed by atoms with Crippen LogP contribution in [-0.2, 0) is 0 Å². The number of nitrogens with zero attached hydrogens (tertiary/aromatic N) is 4. The second kappa shape index (κ2) is 4.61. The highest BCUT2D eigenvalue weighted by Gasteiger charge is 2.05. The summed E-state index contributed by atoms with van der Waals surface area (Å²) in [5.74, 6) is 1.81. The molecule has 0 N–H and O–H groups in total. The van der Waals surface area contributed by atoms with Gasteiger partial charge in [-0.1, -0.05) is 0 Å². The van der Waals surface area contributed by atoms with E-state index in [0.717, 1.165) is 5.56 Å². The zero-order chi connectivity index (χ0) is 11.4. The lowest BCUT2D eigenvalue weighted by molar-refractivity contribution is 0.311. The lowest BCUT2D eigenvalue weighted by Gasteiger charge is -2.10. The molecule has 2 rings (SSSR count). The van der Waals surface area contributed by atoms with Crippen molar-refractivity contribution in [1.29, 1.82) is 0 Å². The maximum Gasteiger partial charge on any atom is 0.161 e. The van der Waals surface area contributed by atoms with E-state index >= 15 is 0 Å². The molecule has 1 aromatic heterocycles. The average Bonchev–Trinajstić information content (AvgIpc) is 2.83. The summed E-state index contributed by atoms with van der Waals surface area (Å²) in [5, 5.41) is 14.4. The Morgan fingerprint density at radius 3 is 2.81 bits per heavy atom. The van der Waals surface area contributed by atoms with Crippen molar-refractivity contribution in [2.24, 2.45) is 0 Å². The summed E-state index contributed by atoms with van der Waals surface area (Å²) in [5.41, 5.74) is 0.797. The molecule has 0 amide bonds. The van der Waals surface area contributed by atoms with Crippen LogP contribution in [0, 0.1) is 0 Å². The van der Waals surface area contributed by atoms with Gasteiger partial charge in [0.25, 0.3) is 0 Å². The second-order valence-corrected chi connectivity index (χ2v) is 3.00. The normalized spacial score (nSPS) is 10.1. The van der Waals surface area contributed by atoms with Crippen molar-refractivity contribution in [3.8, 4) is 22.9 Å². The minimum absolute atomic E-state index is 0.473. The Kier molecular flexibility index (Phi) is 3.00. The zero-order valence-electron chi connectivity index (χ0n) is 9.04. The van der Waals surface area contributed by atoms with Gasteiger partial charge in [0.2, 0.25) is 0 Å². The smallest absolute Gasteiger partial charge is 0.161 e. The van der Waals surface area contributed by atoms with Crippen LogP contribution in [0.3, 0.4) is 0 Å². The van der Waals surface area contributed by atoms with E-state index in [1.165, 1.54) is 0 Å². The monoisotopic (exact) mass is 219 g/mol. The molecule has 16 heavy (non-hydrogen) atoms. The van der Waals surface area contributed by atoms with Gasteiger partial charge in [0.1, 0.15) is 0 Å². The molecule has 0 radical (unpaired) electrons. The molecular weight excluding hydrogens is 208 g/mol. The number of ether oxygens (including phenoxy) is 2. The van der Waals surface area contributed by atoms with Gasteiger partial charge < -0.3 is 14.6 Å². The van der Waals surface area contributed by atoms with Gasteiger partial charge in [-0.25, -0.2) is 0 Å². The Morgan fingerprint density at radius 2 is 2.19 bits per heavy atom. The van der Waals surface area contributed by atoms with E-state index in [-0.39, 0.29) is 0 Å². The van der Waals surface area contributed by atoms with Crippen molar-refractivity contribution in [2.45, 2.75) is 6.92 Å². The first-order chi connectivity index (χ1) is 7.85. The molecule has 0 atom stereocenters. The molecule has 0 aliphatic carbocycles. The van der Waals surface area contributed by atoms with Gasteiger partial charge in [-0.2, -0.15) is 5.21 Å². The molecule has 0 bridgehead atoms. The topological polar surface area (TPSA) is 71.2 Å². The summed E-state index contributed by atoms with van der Waals surface area (Å²) in [6.07, 6.45) is 0. The largest absolute Gasteiger partial charge is 0.493 e. The van der Waals surface area contributed by atoms with Gasteiger partial charge in [-0.15, -0.1) is 0 Å². The summed E-state index contributed by atoms with van der Waals surface area (Å²) in [4.78, 5) is 0. The minimum atomic E-state index is 0.473. The van der Waals surface area contributed by atoms with Crippen LogP contribution in [-0.4, -0.2) is 29.2 Å². The fraction of sp³-hybridized carbons (Fsp3) is 0.300. The molecule has 2 aromatic rings. The standard InChI is InChI=1S/C10H11N4O2/c1-3-16-8-5-4-7(6-9(8)15-2)10-11-13-14-12-10/h4-6H,3H2,1-2H3/q-1. The Balaban J connectivity index is 2.36. The molecule has 84 valence electrons. The van der Waals surface area contributed by atoms with Crippen molar-refractivity contribution in [3.63, 3.8) is 0 Å². The van der Waals surface area contributed by atoms with Gasteiger partial charge in [0.05, 0.1) is 13.7 Å². The number of aromatic nitrogens is 4. The van der Waals surface area contributed by atoms with Crippen molar-refractivity contribution >= 4 is 0 Å². The van der Waals surface area contributed by atoms with E-state index < -0.39 is 0 Å². The Hall–Kier alpha value is -2.11. The van der Waals surface area contributed by atoms with Crippen molar-refractivity contribution < 1.29 is 9.47 Å². The maximum absolute atomic E-state index is 5.40. The molecule has 0 aliphatic heterocycles. The molecule has 0 spiro atoms.